The van der Waals surface area contributed by atoms with E-state index in [9.17, 15) is 10.1 Å². The van der Waals surface area contributed by atoms with Gasteiger partial charge >= 0.3 is 0 Å². The molecule has 1 atom stereocenters. The molecule has 3 heterocycles. The van der Waals surface area contributed by atoms with Crippen molar-refractivity contribution in [2.24, 2.45) is 0 Å². The Kier molecular flexibility index (Phi) is 5.20. The number of furan rings is 1. The Labute approximate surface area is 167 Å². The number of hydrogen-bond acceptors (Lipinski definition) is 7. The van der Waals surface area contributed by atoms with E-state index >= 15 is 0 Å². The number of amides is 1. The van der Waals surface area contributed by atoms with Gasteiger partial charge in [0, 0.05) is 26.2 Å². The standard InChI is InChI=1S/C21H20N4O4/c1-15(28-16-6-3-2-4-7-16)20(26)24-9-11-25(12-10-24)21-17(14-22)23-19(29-21)18-8-5-13-27-18/h2-8,13,15H,9-12H2,1H3. The van der Waals surface area contributed by atoms with Gasteiger partial charge in [0.1, 0.15) is 11.8 Å². The number of hydrogen-bond donors (Lipinski definition) is 0. The van der Waals surface area contributed by atoms with Crippen LogP contribution in [0.1, 0.15) is 12.6 Å². The van der Waals surface area contributed by atoms with Crippen LogP contribution in [-0.2, 0) is 4.79 Å². The molecule has 0 N–H and O–H groups in total. The molecule has 0 spiro atoms. The van der Waals surface area contributed by atoms with Crippen LogP contribution in [0.5, 0.6) is 5.75 Å². The Morgan fingerprint density at radius 1 is 1.17 bits per heavy atom. The highest BCUT2D eigenvalue weighted by Gasteiger charge is 2.29. The highest BCUT2D eigenvalue weighted by atomic mass is 16.5. The lowest BCUT2D eigenvalue weighted by molar-refractivity contribution is -0.138. The van der Waals surface area contributed by atoms with Gasteiger partial charge in [0.15, 0.2) is 11.9 Å². The molecular weight excluding hydrogens is 372 g/mol. The van der Waals surface area contributed by atoms with Crippen molar-refractivity contribution < 1.29 is 18.4 Å². The van der Waals surface area contributed by atoms with Gasteiger partial charge in [-0.3, -0.25) is 4.79 Å². The van der Waals surface area contributed by atoms with E-state index < -0.39 is 6.10 Å². The van der Waals surface area contributed by atoms with E-state index in [0.717, 1.165) is 0 Å². The molecule has 148 valence electrons. The molecule has 0 saturated carbocycles. The van der Waals surface area contributed by atoms with Crippen LogP contribution in [0, 0.1) is 11.3 Å². The molecule has 8 nitrogen and oxygen atoms in total. The molecule has 2 aromatic heterocycles. The Hall–Kier alpha value is -3.73. The zero-order chi connectivity index (χ0) is 20.2. The normalized spacial score (nSPS) is 15.0. The van der Waals surface area contributed by atoms with Crippen LogP contribution in [0.2, 0.25) is 0 Å². The maximum atomic E-state index is 12.7. The fraction of sp³-hybridized carbons (Fsp3) is 0.286. The lowest BCUT2D eigenvalue weighted by atomic mass is 10.2. The Morgan fingerprint density at radius 3 is 2.59 bits per heavy atom. The average molecular weight is 392 g/mol. The van der Waals surface area contributed by atoms with Gasteiger partial charge in [-0.2, -0.15) is 10.2 Å². The summed E-state index contributed by atoms with van der Waals surface area (Å²) in [6, 6.07) is 14.8. The predicted molar refractivity (Wildman–Crippen MR) is 104 cm³/mol. The number of anilines is 1. The number of para-hydroxylation sites is 1. The lowest BCUT2D eigenvalue weighted by Gasteiger charge is -2.35. The van der Waals surface area contributed by atoms with E-state index in [4.69, 9.17) is 13.6 Å². The first-order valence-corrected chi connectivity index (χ1v) is 9.36. The minimum atomic E-state index is -0.575. The number of aromatic nitrogens is 1. The van der Waals surface area contributed by atoms with E-state index in [0.29, 0.717) is 43.6 Å². The monoisotopic (exact) mass is 392 g/mol. The minimum absolute atomic E-state index is 0.0668. The molecule has 8 heteroatoms. The molecule has 1 fully saturated rings. The van der Waals surface area contributed by atoms with Crippen molar-refractivity contribution in [1.29, 1.82) is 5.26 Å². The summed E-state index contributed by atoms with van der Waals surface area (Å²) in [4.78, 5) is 20.6. The minimum Gasteiger partial charge on any atom is -0.481 e. The number of carbonyl (C=O) groups excluding carboxylic acids is 1. The van der Waals surface area contributed by atoms with Gasteiger partial charge in [-0.05, 0) is 31.2 Å². The lowest BCUT2D eigenvalue weighted by Crippen LogP contribution is -2.52. The first-order valence-electron chi connectivity index (χ1n) is 9.36. The average Bonchev–Trinajstić information content (AvgIpc) is 3.44. The van der Waals surface area contributed by atoms with E-state index in [2.05, 4.69) is 11.1 Å². The molecule has 1 aliphatic heterocycles. The molecule has 29 heavy (non-hydrogen) atoms. The highest BCUT2D eigenvalue weighted by Crippen LogP contribution is 2.29. The summed E-state index contributed by atoms with van der Waals surface area (Å²) in [7, 11) is 0. The molecule has 1 saturated heterocycles. The maximum absolute atomic E-state index is 12.7. The number of benzene rings is 1. The molecule has 1 aromatic carbocycles. The smallest absolute Gasteiger partial charge is 0.266 e. The van der Waals surface area contributed by atoms with Crippen molar-refractivity contribution in [2.75, 3.05) is 31.1 Å². The third kappa shape index (κ3) is 3.94. The van der Waals surface area contributed by atoms with Crippen LogP contribution in [0.15, 0.2) is 57.6 Å². The molecule has 3 aromatic rings. The summed E-state index contributed by atoms with van der Waals surface area (Å²) < 4.78 is 16.8. The van der Waals surface area contributed by atoms with E-state index in [-0.39, 0.29) is 17.5 Å². The van der Waals surface area contributed by atoms with Gasteiger partial charge in [0.2, 0.25) is 11.6 Å². The van der Waals surface area contributed by atoms with Crippen LogP contribution in [0.25, 0.3) is 11.7 Å². The molecule has 4 rings (SSSR count). The Balaban J connectivity index is 1.39. The van der Waals surface area contributed by atoms with Crippen molar-refractivity contribution in [3.8, 4) is 23.5 Å². The number of ether oxygens (including phenoxy) is 1. The number of carbonyl (C=O) groups is 1. The van der Waals surface area contributed by atoms with Crippen LogP contribution in [0.3, 0.4) is 0 Å². The molecular formula is C21H20N4O4. The van der Waals surface area contributed by atoms with Gasteiger partial charge in [0.25, 0.3) is 11.8 Å². The highest BCUT2D eigenvalue weighted by molar-refractivity contribution is 5.81. The summed E-state index contributed by atoms with van der Waals surface area (Å²) in [5.41, 5.74) is 0.206. The van der Waals surface area contributed by atoms with Crippen LogP contribution in [-0.4, -0.2) is 48.1 Å². The molecule has 0 aliphatic carbocycles. The fourth-order valence-electron chi connectivity index (χ4n) is 3.25. The Morgan fingerprint density at radius 2 is 1.93 bits per heavy atom. The van der Waals surface area contributed by atoms with Gasteiger partial charge in [-0.1, -0.05) is 18.2 Å². The van der Waals surface area contributed by atoms with Crippen molar-refractivity contribution in [1.82, 2.24) is 9.88 Å². The maximum Gasteiger partial charge on any atom is 0.266 e. The topological polar surface area (TPSA) is 95.7 Å². The third-order valence-electron chi connectivity index (χ3n) is 4.73. The fourth-order valence-corrected chi connectivity index (χ4v) is 3.25. The summed E-state index contributed by atoms with van der Waals surface area (Å²) in [5.74, 6) is 1.73. The van der Waals surface area contributed by atoms with Crippen LogP contribution < -0.4 is 9.64 Å². The van der Waals surface area contributed by atoms with Gasteiger partial charge in [-0.15, -0.1) is 0 Å². The van der Waals surface area contributed by atoms with Crippen LogP contribution >= 0.6 is 0 Å². The second kappa shape index (κ2) is 8.10. The summed E-state index contributed by atoms with van der Waals surface area (Å²) in [6.07, 6.45) is 0.948. The first-order chi connectivity index (χ1) is 14.2. The second-order valence-corrected chi connectivity index (χ2v) is 6.65. The van der Waals surface area contributed by atoms with Crippen molar-refractivity contribution in [2.45, 2.75) is 13.0 Å². The number of nitriles is 1. The van der Waals surface area contributed by atoms with Gasteiger partial charge < -0.3 is 23.4 Å². The Bertz CT molecular complexity index is 999. The van der Waals surface area contributed by atoms with Crippen LogP contribution in [0.4, 0.5) is 5.88 Å². The third-order valence-corrected chi connectivity index (χ3v) is 4.73. The number of nitrogens with zero attached hydrogens (tertiary/aromatic N) is 4. The van der Waals surface area contributed by atoms with Crippen molar-refractivity contribution in [3.05, 3.63) is 54.4 Å². The zero-order valence-electron chi connectivity index (χ0n) is 15.9. The number of oxazole rings is 1. The van der Waals surface area contributed by atoms with E-state index in [1.54, 1.807) is 24.0 Å². The predicted octanol–water partition coefficient (Wildman–Crippen LogP) is 2.92. The van der Waals surface area contributed by atoms with Crippen molar-refractivity contribution >= 4 is 11.8 Å². The quantitative estimate of drug-likeness (QED) is 0.659. The zero-order valence-corrected chi connectivity index (χ0v) is 15.9. The number of piperazine rings is 1. The summed E-state index contributed by atoms with van der Waals surface area (Å²) >= 11 is 0. The molecule has 1 amide bonds. The van der Waals surface area contributed by atoms with Gasteiger partial charge in [-0.25, -0.2) is 0 Å². The van der Waals surface area contributed by atoms with Crippen molar-refractivity contribution in [3.63, 3.8) is 0 Å². The largest absolute Gasteiger partial charge is 0.481 e. The molecule has 1 unspecified atom stereocenters. The first kappa shape index (κ1) is 18.6. The second-order valence-electron chi connectivity index (χ2n) is 6.65. The SMILES string of the molecule is CC(Oc1ccccc1)C(=O)N1CCN(c2oc(-c3ccco3)nc2C#N)CC1. The summed E-state index contributed by atoms with van der Waals surface area (Å²) in [5, 5.41) is 9.40. The molecule has 0 radical (unpaired) electrons. The van der Waals surface area contributed by atoms with E-state index in [1.807, 2.05) is 35.2 Å². The van der Waals surface area contributed by atoms with Gasteiger partial charge in [0.05, 0.1) is 6.26 Å². The molecule has 1 aliphatic rings. The van der Waals surface area contributed by atoms with E-state index in [1.165, 1.54) is 6.26 Å². The summed E-state index contributed by atoms with van der Waals surface area (Å²) in [6.45, 7) is 3.82. The number of rotatable bonds is 5. The molecule has 0 bridgehead atoms.